The second kappa shape index (κ2) is 6.15. The van der Waals surface area contributed by atoms with Crippen molar-refractivity contribution in [3.8, 4) is 0 Å². The SMILES string of the molecule is CSC(C)CCNC(=O)c1cc(N)c(C)s1. The molecule has 0 aliphatic carbocycles. The average molecular weight is 258 g/mol. The Labute approximate surface area is 105 Å². The molecule has 0 aromatic carbocycles. The van der Waals surface area contributed by atoms with Gasteiger partial charge in [0, 0.05) is 22.4 Å². The number of amides is 1. The fourth-order valence-electron chi connectivity index (χ4n) is 1.20. The predicted molar refractivity (Wildman–Crippen MR) is 73.4 cm³/mol. The van der Waals surface area contributed by atoms with Gasteiger partial charge < -0.3 is 11.1 Å². The molecule has 0 aliphatic heterocycles. The number of nitrogens with two attached hydrogens (primary N) is 1. The lowest BCUT2D eigenvalue weighted by molar-refractivity contribution is 0.0957. The zero-order chi connectivity index (χ0) is 12.1. The van der Waals surface area contributed by atoms with Crippen molar-refractivity contribution in [3.63, 3.8) is 0 Å². The first-order chi connectivity index (χ1) is 7.54. The standard InChI is InChI=1S/C11H18N2OS2/c1-7(15-3)4-5-13-11(14)10-6-9(12)8(2)16-10/h6-7H,4-5,12H2,1-3H3,(H,13,14). The van der Waals surface area contributed by atoms with Crippen LogP contribution in [0.1, 0.15) is 27.9 Å². The van der Waals surface area contributed by atoms with Crippen LogP contribution in [0.15, 0.2) is 6.07 Å². The van der Waals surface area contributed by atoms with E-state index < -0.39 is 0 Å². The van der Waals surface area contributed by atoms with E-state index in [1.807, 2.05) is 18.7 Å². The Kier molecular flexibility index (Phi) is 5.15. The molecule has 90 valence electrons. The molecule has 0 fully saturated rings. The zero-order valence-corrected chi connectivity index (χ0v) is 11.5. The minimum Gasteiger partial charge on any atom is -0.398 e. The topological polar surface area (TPSA) is 55.1 Å². The summed E-state index contributed by atoms with van der Waals surface area (Å²) in [5.41, 5.74) is 6.41. The van der Waals surface area contributed by atoms with Crippen LogP contribution in [0.3, 0.4) is 0 Å². The van der Waals surface area contributed by atoms with Gasteiger partial charge in [-0.05, 0) is 25.7 Å². The van der Waals surface area contributed by atoms with Gasteiger partial charge in [0.1, 0.15) is 0 Å². The highest BCUT2D eigenvalue weighted by Crippen LogP contribution is 2.23. The molecule has 0 aliphatic rings. The van der Waals surface area contributed by atoms with E-state index in [9.17, 15) is 4.79 Å². The van der Waals surface area contributed by atoms with Crippen LogP contribution in [-0.2, 0) is 0 Å². The molecular weight excluding hydrogens is 240 g/mol. The number of nitrogens with one attached hydrogen (secondary N) is 1. The summed E-state index contributed by atoms with van der Waals surface area (Å²) in [4.78, 5) is 13.4. The molecule has 0 saturated heterocycles. The third kappa shape index (κ3) is 3.72. The van der Waals surface area contributed by atoms with E-state index in [0.717, 1.165) is 17.8 Å². The number of rotatable bonds is 5. The first-order valence-corrected chi connectivity index (χ1v) is 7.32. The molecule has 0 radical (unpaired) electrons. The maximum Gasteiger partial charge on any atom is 0.261 e. The normalized spacial score (nSPS) is 12.4. The Morgan fingerprint density at radius 1 is 1.69 bits per heavy atom. The molecule has 1 amide bonds. The fraction of sp³-hybridized carbons (Fsp3) is 0.545. The molecule has 1 heterocycles. The van der Waals surface area contributed by atoms with E-state index in [0.29, 0.717) is 15.8 Å². The highest BCUT2D eigenvalue weighted by atomic mass is 32.2. The van der Waals surface area contributed by atoms with Crippen LogP contribution >= 0.6 is 23.1 Å². The van der Waals surface area contributed by atoms with E-state index >= 15 is 0 Å². The number of thiophene rings is 1. The Morgan fingerprint density at radius 2 is 2.38 bits per heavy atom. The van der Waals surface area contributed by atoms with Crippen LogP contribution in [0.2, 0.25) is 0 Å². The average Bonchev–Trinajstić information content (AvgIpc) is 2.59. The lowest BCUT2D eigenvalue weighted by atomic mass is 10.3. The van der Waals surface area contributed by atoms with Gasteiger partial charge in [-0.2, -0.15) is 11.8 Å². The highest BCUT2D eigenvalue weighted by molar-refractivity contribution is 7.99. The van der Waals surface area contributed by atoms with Crippen LogP contribution in [0.5, 0.6) is 0 Å². The van der Waals surface area contributed by atoms with Crippen LogP contribution in [0, 0.1) is 6.92 Å². The monoisotopic (exact) mass is 258 g/mol. The quantitative estimate of drug-likeness (QED) is 0.853. The molecular formula is C11H18N2OS2. The van der Waals surface area contributed by atoms with E-state index in [4.69, 9.17) is 5.73 Å². The maximum atomic E-state index is 11.7. The molecule has 1 atom stereocenters. The number of aryl methyl sites for hydroxylation is 1. The van der Waals surface area contributed by atoms with Crippen molar-refractivity contribution in [2.45, 2.75) is 25.5 Å². The van der Waals surface area contributed by atoms with Crippen LogP contribution < -0.4 is 11.1 Å². The molecule has 1 aromatic rings. The highest BCUT2D eigenvalue weighted by Gasteiger charge is 2.10. The van der Waals surface area contributed by atoms with Gasteiger partial charge in [-0.25, -0.2) is 0 Å². The van der Waals surface area contributed by atoms with Gasteiger partial charge in [-0.15, -0.1) is 11.3 Å². The van der Waals surface area contributed by atoms with E-state index in [1.165, 1.54) is 11.3 Å². The Hall–Kier alpha value is -0.680. The molecule has 1 rings (SSSR count). The summed E-state index contributed by atoms with van der Waals surface area (Å²) >= 11 is 3.25. The number of hydrogen-bond donors (Lipinski definition) is 2. The number of hydrogen-bond acceptors (Lipinski definition) is 4. The smallest absolute Gasteiger partial charge is 0.261 e. The van der Waals surface area contributed by atoms with Gasteiger partial charge in [-0.3, -0.25) is 4.79 Å². The fourth-order valence-corrected chi connectivity index (χ4v) is 2.41. The third-order valence-corrected chi connectivity index (χ3v) is 4.52. The van der Waals surface area contributed by atoms with Gasteiger partial charge in [0.2, 0.25) is 0 Å². The Balaban J connectivity index is 2.41. The molecule has 3 N–H and O–H groups in total. The summed E-state index contributed by atoms with van der Waals surface area (Å²) in [5, 5.41) is 3.49. The third-order valence-electron chi connectivity index (χ3n) is 2.42. The lowest BCUT2D eigenvalue weighted by Crippen LogP contribution is -2.25. The van der Waals surface area contributed by atoms with Crippen molar-refractivity contribution in [3.05, 3.63) is 15.8 Å². The zero-order valence-electron chi connectivity index (χ0n) is 9.87. The van der Waals surface area contributed by atoms with Crippen molar-refractivity contribution in [1.82, 2.24) is 5.32 Å². The first kappa shape index (κ1) is 13.4. The Morgan fingerprint density at radius 3 is 2.88 bits per heavy atom. The van der Waals surface area contributed by atoms with Crippen LogP contribution in [0.4, 0.5) is 5.69 Å². The maximum absolute atomic E-state index is 11.7. The van der Waals surface area contributed by atoms with Gasteiger partial charge in [0.05, 0.1) is 4.88 Å². The molecule has 3 nitrogen and oxygen atoms in total. The number of carbonyl (C=O) groups is 1. The van der Waals surface area contributed by atoms with Gasteiger partial charge in [0.15, 0.2) is 0 Å². The van der Waals surface area contributed by atoms with Crippen LogP contribution in [-0.4, -0.2) is 24.0 Å². The van der Waals surface area contributed by atoms with E-state index in [1.54, 1.807) is 6.07 Å². The summed E-state index contributed by atoms with van der Waals surface area (Å²) in [7, 11) is 0. The summed E-state index contributed by atoms with van der Waals surface area (Å²) in [6, 6.07) is 1.74. The largest absolute Gasteiger partial charge is 0.398 e. The molecule has 0 bridgehead atoms. The molecule has 16 heavy (non-hydrogen) atoms. The number of carbonyl (C=O) groups excluding carboxylic acids is 1. The Bertz CT molecular complexity index is 343. The van der Waals surface area contributed by atoms with E-state index in [2.05, 4.69) is 18.5 Å². The lowest BCUT2D eigenvalue weighted by Gasteiger charge is -2.08. The number of nitrogen functional groups attached to an aromatic ring is 1. The molecule has 1 unspecified atom stereocenters. The van der Waals surface area contributed by atoms with Gasteiger partial charge >= 0.3 is 0 Å². The van der Waals surface area contributed by atoms with Crippen LogP contribution in [0.25, 0.3) is 0 Å². The van der Waals surface area contributed by atoms with Crippen molar-refractivity contribution in [1.29, 1.82) is 0 Å². The van der Waals surface area contributed by atoms with E-state index in [-0.39, 0.29) is 5.91 Å². The molecule has 5 heteroatoms. The number of thioether (sulfide) groups is 1. The van der Waals surface area contributed by atoms with Gasteiger partial charge in [-0.1, -0.05) is 6.92 Å². The summed E-state index contributed by atoms with van der Waals surface area (Å²) in [6.45, 7) is 4.80. The minimum absolute atomic E-state index is 0.0156. The summed E-state index contributed by atoms with van der Waals surface area (Å²) in [5.74, 6) is -0.0156. The van der Waals surface area contributed by atoms with Crippen molar-refractivity contribution >= 4 is 34.7 Å². The van der Waals surface area contributed by atoms with Crippen molar-refractivity contribution in [2.24, 2.45) is 0 Å². The van der Waals surface area contributed by atoms with Crippen molar-refractivity contribution in [2.75, 3.05) is 18.5 Å². The van der Waals surface area contributed by atoms with Crippen molar-refractivity contribution < 1.29 is 4.79 Å². The second-order valence-electron chi connectivity index (χ2n) is 3.71. The second-order valence-corrected chi connectivity index (χ2v) is 6.25. The molecule has 0 saturated carbocycles. The first-order valence-electron chi connectivity index (χ1n) is 5.21. The molecule has 1 aromatic heterocycles. The minimum atomic E-state index is -0.0156. The predicted octanol–water partition coefficient (Wildman–Crippen LogP) is 2.51. The summed E-state index contributed by atoms with van der Waals surface area (Å²) in [6.07, 6.45) is 3.07. The van der Waals surface area contributed by atoms with Gasteiger partial charge in [0.25, 0.3) is 5.91 Å². The summed E-state index contributed by atoms with van der Waals surface area (Å²) < 4.78 is 0. The number of anilines is 1. The molecule has 0 spiro atoms.